The Bertz CT molecular complexity index is 1110. The molecule has 1 aliphatic rings. The molecule has 9 heteroatoms. The van der Waals surface area contributed by atoms with Gasteiger partial charge in [-0.2, -0.15) is 4.98 Å². The quantitative estimate of drug-likeness (QED) is 0.492. The Morgan fingerprint density at radius 3 is 2.90 bits per heavy atom. The summed E-state index contributed by atoms with van der Waals surface area (Å²) in [6.07, 6.45) is 3.99. The molecule has 1 aliphatic carbocycles. The molecule has 0 saturated carbocycles. The highest BCUT2D eigenvalue weighted by atomic mass is 32.2. The van der Waals surface area contributed by atoms with E-state index in [4.69, 9.17) is 4.42 Å². The third-order valence-corrected chi connectivity index (χ3v) is 5.66. The predicted octanol–water partition coefficient (Wildman–Crippen LogP) is 3.38. The lowest BCUT2D eigenvalue weighted by atomic mass is 10.2. The Morgan fingerprint density at radius 1 is 1.28 bits per heavy atom. The summed E-state index contributed by atoms with van der Waals surface area (Å²) >= 11 is 1.14. The zero-order valence-electron chi connectivity index (χ0n) is 15.3. The van der Waals surface area contributed by atoms with Crippen molar-refractivity contribution in [2.75, 3.05) is 11.1 Å². The number of anilines is 1. The summed E-state index contributed by atoms with van der Waals surface area (Å²) in [6, 6.07) is 6.50. The van der Waals surface area contributed by atoms with Crippen molar-refractivity contribution in [1.82, 2.24) is 9.55 Å². The predicted molar refractivity (Wildman–Crippen MR) is 104 cm³/mol. The van der Waals surface area contributed by atoms with E-state index in [1.165, 1.54) is 6.07 Å². The molecule has 0 unspecified atom stereocenters. The normalized spacial score (nSPS) is 12.8. The van der Waals surface area contributed by atoms with Crippen LogP contribution in [0.2, 0.25) is 0 Å². The molecule has 0 fully saturated rings. The number of benzene rings is 1. The highest BCUT2D eigenvalue weighted by molar-refractivity contribution is 8.00. The number of carbonyl (C=O) groups excluding carboxylic acids is 1. The van der Waals surface area contributed by atoms with Crippen LogP contribution in [0.25, 0.3) is 0 Å². The number of halogens is 2. The number of furan rings is 1. The zero-order chi connectivity index (χ0) is 20.4. The molecular weight excluding hydrogens is 400 g/mol. The lowest BCUT2D eigenvalue weighted by molar-refractivity contribution is -0.113. The van der Waals surface area contributed by atoms with Crippen molar-refractivity contribution in [3.63, 3.8) is 0 Å². The highest BCUT2D eigenvalue weighted by Crippen LogP contribution is 2.29. The van der Waals surface area contributed by atoms with Crippen molar-refractivity contribution in [3.05, 3.63) is 75.7 Å². The largest absolute Gasteiger partial charge is 0.467 e. The van der Waals surface area contributed by atoms with E-state index in [0.717, 1.165) is 48.3 Å². The van der Waals surface area contributed by atoms with Gasteiger partial charge in [0.05, 0.1) is 24.2 Å². The lowest BCUT2D eigenvalue weighted by Crippen LogP contribution is -2.28. The number of rotatable bonds is 6. The minimum atomic E-state index is -0.845. The van der Waals surface area contributed by atoms with Crippen LogP contribution < -0.4 is 11.0 Å². The van der Waals surface area contributed by atoms with Gasteiger partial charge in [0, 0.05) is 17.3 Å². The average Bonchev–Trinajstić information content (AvgIpc) is 3.36. The first-order chi connectivity index (χ1) is 14.0. The molecule has 0 saturated heterocycles. The second-order valence-corrected chi connectivity index (χ2v) is 7.57. The van der Waals surface area contributed by atoms with E-state index in [9.17, 15) is 18.4 Å². The Balaban J connectivity index is 1.49. The van der Waals surface area contributed by atoms with Crippen LogP contribution in [0.3, 0.4) is 0 Å². The molecule has 0 radical (unpaired) electrons. The minimum absolute atomic E-state index is 0.0438. The lowest BCUT2D eigenvalue weighted by Gasteiger charge is -2.13. The third kappa shape index (κ3) is 4.24. The number of thioether (sulfide) groups is 1. The van der Waals surface area contributed by atoms with Gasteiger partial charge in [-0.15, -0.1) is 0 Å². The first-order valence-corrected chi connectivity index (χ1v) is 10.0. The number of fused-ring (bicyclic) bond motifs is 1. The maximum absolute atomic E-state index is 13.7. The zero-order valence-corrected chi connectivity index (χ0v) is 16.1. The molecule has 1 N–H and O–H groups in total. The van der Waals surface area contributed by atoms with Crippen LogP contribution in [0.1, 0.15) is 23.4 Å². The first kappa shape index (κ1) is 19.4. The summed E-state index contributed by atoms with van der Waals surface area (Å²) in [5, 5.41) is 2.93. The Labute approximate surface area is 169 Å². The Morgan fingerprint density at radius 2 is 2.14 bits per heavy atom. The van der Waals surface area contributed by atoms with Gasteiger partial charge in [-0.1, -0.05) is 11.8 Å². The fourth-order valence-corrected chi connectivity index (χ4v) is 4.21. The van der Waals surface area contributed by atoms with Crippen molar-refractivity contribution in [1.29, 1.82) is 0 Å². The number of carbonyl (C=O) groups is 1. The number of hydrogen-bond donors (Lipinski definition) is 1. The smallest absolute Gasteiger partial charge is 0.349 e. The molecule has 150 valence electrons. The van der Waals surface area contributed by atoms with E-state index >= 15 is 0 Å². The van der Waals surface area contributed by atoms with E-state index in [0.29, 0.717) is 23.4 Å². The fourth-order valence-electron chi connectivity index (χ4n) is 3.34. The molecule has 2 aromatic heterocycles. The molecular formula is C20H17F2N3O3S. The monoisotopic (exact) mass is 417 g/mol. The molecule has 0 aliphatic heterocycles. The van der Waals surface area contributed by atoms with Gasteiger partial charge in [0.2, 0.25) is 5.91 Å². The van der Waals surface area contributed by atoms with Gasteiger partial charge in [-0.3, -0.25) is 9.36 Å². The summed E-state index contributed by atoms with van der Waals surface area (Å²) in [7, 11) is 0. The Hall–Kier alpha value is -2.94. The standard InChI is InChI=1S/C20H17F2N3O3S/c21-12-6-7-16(15(22)9-12)23-18(26)11-29-19-14-4-1-5-17(14)25(20(27)24-19)10-13-3-2-8-28-13/h2-3,6-9H,1,4-5,10-11H2,(H,23,26). The molecule has 1 amide bonds. The minimum Gasteiger partial charge on any atom is -0.467 e. The maximum Gasteiger partial charge on any atom is 0.349 e. The topological polar surface area (TPSA) is 77.1 Å². The second-order valence-electron chi connectivity index (χ2n) is 6.60. The first-order valence-electron chi connectivity index (χ1n) is 9.04. The van der Waals surface area contributed by atoms with Crippen LogP contribution in [0, 0.1) is 11.6 Å². The summed E-state index contributed by atoms with van der Waals surface area (Å²) in [5.74, 6) is -1.40. The Kier molecular flexibility index (Phi) is 5.48. The number of nitrogens with zero attached hydrogens (tertiary/aromatic N) is 2. The molecule has 2 heterocycles. The van der Waals surface area contributed by atoms with Crippen LogP contribution in [0.15, 0.2) is 50.8 Å². The van der Waals surface area contributed by atoms with Crippen LogP contribution in [-0.4, -0.2) is 21.2 Å². The third-order valence-electron chi connectivity index (χ3n) is 4.64. The molecule has 4 rings (SSSR count). The van der Waals surface area contributed by atoms with Crippen LogP contribution >= 0.6 is 11.8 Å². The van der Waals surface area contributed by atoms with Gasteiger partial charge in [-0.05, 0) is 43.5 Å². The van der Waals surface area contributed by atoms with E-state index in [1.807, 2.05) is 0 Å². The average molecular weight is 417 g/mol. The van der Waals surface area contributed by atoms with Crippen molar-refractivity contribution in [2.45, 2.75) is 30.8 Å². The van der Waals surface area contributed by atoms with E-state index < -0.39 is 23.2 Å². The number of aromatic nitrogens is 2. The van der Waals surface area contributed by atoms with Crippen molar-refractivity contribution < 1.29 is 18.0 Å². The molecule has 6 nitrogen and oxygen atoms in total. The fraction of sp³-hybridized carbons (Fsp3) is 0.250. The van der Waals surface area contributed by atoms with Crippen LogP contribution in [0.5, 0.6) is 0 Å². The van der Waals surface area contributed by atoms with Crippen molar-refractivity contribution >= 4 is 23.4 Å². The summed E-state index contributed by atoms with van der Waals surface area (Å²) in [4.78, 5) is 28.9. The number of nitrogens with one attached hydrogen (secondary N) is 1. The number of hydrogen-bond acceptors (Lipinski definition) is 5. The molecule has 0 spiro atoms. The highest BCUT2D eigenvalue weighted by Gasteiger charge is 2.23. The molecule has 0 atom stereocenters. The van der Waals surface area contributed by atoms with Gasteiger partial charge >= 0.3 is 5.69 Å². The summed E-state index contributed by atoms with van der Waals surface area (Å²) in [5.41, 5.74) is 1.38. The maximum atomic E-state index is 13.7. The van der Waals surface area contributed by atoms with E-state index in [2.05, 4.69) is 10.3 Å². The van der Waals surface area contributed by atoms with Crippen LogP contribution in [0.4, 0.5) is 14.5 Å². The summed E-state index contributed by atoms with van der Waals surface area (Å²) in [6.45, 7) is 0.316. The van der Waals surface area contributed by atoms with Crippen molar-refractivity contribution in [3.8, 4) is 0 Å². The van der Waals surface area contributed by atoms with E-state index in [-0.39, 0.29) is 11.4 Å². The van der Waals surface area contributed by atoms with Crippen molar-refractivity contribution in [2.24, 2.45) is 0 Å². The van der Waals surface area contributed by atoms with E-state index in [1.54, 1.807) is 23.0 Å². The van der Waals surface area contributed by atoms with Crippen LogP contribution in [-0.2, 0) is 24.2 Å². The number of amides is 1. The SMILES string of the molecule is O=C(CSc1nc(=O)n(Cc2ccco2)c2c1CCC2)Nc1ccc(F)cc1F. The van der Waals surface area contributed by atoms with Gasteiger partial charge in [0.25, 0.3) is 0 Å². The molecule has 29 heavy (non-hydrogen) atoms. The molecule has 1 aromatic carbocycles. The molecule has 3 aromatic rings. The molecule has 0 bridgehead atoms. The summed E-state index contributed by atoms with van der Waals surface area (Å²) < 4.78 is 33.6. The van der Waals surface area contributed by atoms with Gasteiger partial charge < -0.3 is 9.73 Å². The van der Waals surface area contributed by atoms with Gasteiger partial charge in [0.15, 0.2) is 0 Å². The van der Waals surface area contributed by atoms with Gasteiger partial charge in [0.1, 0.15) is 22.4 Å². The van der Waals surface area contributed by atoms with Gasteiger partial charge in [-0.25, -0.2) is 13.6 Å². The second kappa shape index (κ2) is 8.20.